The summed E-state index contributed by atoms with van der Waals surface area (Å²) < 4.78 is 0. The third kappa shape index (κ3) is 1.45. The van der Waals surface area contributed by atoms with Crippen LogP contribution in [0.3, 0.4) is 0 Å². The Morgan fingerprint density at radius 2 is 2.23 bits per heavy atom. The van der Waals surface area contributed by atoms with Crippen LogP contribution in [0.4, 0.5) is 0 Å². The normalized spacial score (nSPS) is 40.2. The van der Waals surface area contributed by atoms with Gasteiger partial charge in [0.05, 0.1) is 0 Å². The molecule has 0 amide bonds. The van der Waals surface area contributed by atoms with Crippen molar-refractivity contribution < 1.29 is 4.79 Å². The lowest BCUT2D eigenvalue weighted by molar-refractivity contribution is -0.125. The highest BCUT2D eigenvalue weighted by molar-refractivity contribution is 5.80. The smallest absolute Gasteiger partial charge is 0.133 e. The first-order chi connectivity index (χ1) is 6.12. The molecule has 0 aromatic heterocycles. The highest BCUT2D eigenvalue weighted by atomic mass is 16.1. The van der Waals surface area contributed by atoms with Gasteiger partial charge >= 0.3 is 0 Å². The molecule has 0 aliphatic heterocycles. The molecule has 2 rings (SSSR count). The molecule has 0 spiro atoms. The van der Waals surface area contributed by atoms with Gasteiger partial charge in [0.1, 0.15) is 5.78 Å². The molecule has 2 atom stereocenters. The van der Waals surface area contributed by atoms with E-state index in [-0.39, 0.29) is 5.41 Å². The summed E-state index contributed by atoms with van der Waals surface area (Å²) in [6.45, 7) is 6.43. The molecule has 2 saturated carbocycles. The van der Waals surface area contributed by atoms with E-state index in [0.29, 0.717) is 11.7 Å². The Morgan fingerprint density at radius 1 is 1.46 bits per heavy atom. The molecular weight excluding hydrogens is 160 g/mol. The van der Waals surface area contributed by atoms with Crippen LogP contribution < -0.4 is 0 Å². The molecule has 2 fully saturated rings. The average molecular weight is 178 g/mol. The van der Waals surface area contributed by atoms with Crippen molar-refractivity contribution in [1.82, 2.24) is 0 Å². The molecule has 0 aromatic rings. The second kappa shape index (κ2) is 2.97. The minimum Gasteiger partial charge on any atom is -0.300 e. The molecule has 2 aliphatic rings. The Labute approximate surface area is 80.2 Å². The van der Waals surface area contributed by atoms with Gasteiger partial charge in [0, 0.05) is 12.8 Å². The lowest BCUT2D eigenvalue weighted by Gasteiger charge is -2.45. The standard InChI is InChI=1S/C12H18O/c1-9-4-3-7-12(2)8-10(13)5-6-11(9)12/h11H,1,3-8H2,2H3. The predicted molar refractivity (Wildman–Crippen MR) is 53.4 cm³/mol. The van der Waals surface area contributed by atoms with Crippen LogP contribution in [0.15, 0.2) is 12.2 Å². The maximum absolute atomic E-state index is 11.4. The van der Waals surface area contributed by atoms with E-state index in [0.717, 1.165) is 19.3 Å². The summed E-state index contributed by atoms with van der Waals surface area (Å²) >= 11 is 0. The van der Waals surface area contributed by atoms with E-state index in [4.69, 9.17) is 0 Å². The Balaban J connectivity index is 2.22. The van der Waals surface area contributed by atoms with Gasteiger partial charge in [-0.15, -0.1) is 0 Å². The summed E-state index contributed by atoms with van der Waals surface area (Å²) in [5, 5.41) is 0. The Hall–Kier alpha value is -0.590. The topological polar surface area (TPSA) is 17.1 Å². The zero-order valence-electron chi connectivity index (χ0n) is 8.44. The summed E-state index contributed by atoms with van der Waals surface area (Å²) in [7, 11) is 0. The van der Waals surface area contributed by atoms with Gasteiger partial charge in [0.25, 0.3) is 0 Å². The van der Waals surface area contributed by atoms with Crippen molar-refractivity contribution in [2.24, 2.45) is 11.3 Å². The minimum absolute atomic E-state index is 0.269. The molecule has 72 valence electrons. The van der Waals surface area contributed by atoms with Gasteiger partial charge in [-0.25, -0.2) is 0 Å². The maximum atomic E-state index is 11.4. The Kier molecular flexibility index (Phi) is 2.05. The van der Waals surface area contributed by atoms with Crippen LogP contribution in [-0.4, -0.2) is 5.78 Å². The molecule has 1 nitrogen and oxygen atoms in total. The van der Waals surface area contributed by atoms with Crippen molar-refractivity contribution in [3.8, 4) is 0 Å². The molecule has 0 heterocycles. The summed E-state index contributed by atoms with van der Waals surface area (Å²) in [6, 6.07) is 0. The summed E-state index contributed by atoms with van der Waals surface area (Å²) in [6.07, 6.45) is 6.31. The summed E-state index contributed by atoms with van der Waals surface area (Å²) in [5.74, 6) is 1.10. The SMILES string of the molecule is C=C1CCCC2(C)CC(=O)CCC12. The van der Waals surface area contributed by atoms with Crippen LogP contribution in [0, 0.1) is 11.3 Å². The second-order valence-electron chi connectivity index (χ2n) is 4.97. The van der Waals surface area contributed by atoms with E-state index >= 15 is 0 Å². The van der Waals surface area contributed by atoms with Crippen LogP contribution in [0.5, 0.6) is 0 Å². The van der Waals surface area contributed by atoms with E-state index in [1.165, 1.54) is 24.8 Å². The van der Waals surface area contributed by atoms with Crippen molar-refractivity contribution in [3.05, 3.63) is 12.2 Å². The van der Waals surface area contributed by atoms with Crippen molar-refractivity contribution in [2.45, 2.75) is 45.4 Å². The van der Waals surface area contributed by atoms with Crippen molar-refractivity contribution in [1.29, 1.82) is 0 Å². The fraction of sp³-hybridized carbons (Fsp3) is 0.750. The number of hydrogen-bond acceptors (Lipinski definition) is 1. The molecule has 1 heteroatoms. The summed E-state index contributed by atoms with van der Waals surface area (Å²) in [4.78, 5) is 11.4. The fourth-order valence-electron chi connectivity index (χ4n) is 3.17. The van der Waals surface area contributed by atoms with Gasteiger partial charge in [-0.05, 0) is 37.0 Å². The molecule has 13 heavy (non-hydrogen) atoms. The fourth-order valence-corrected chi connectivity index (χ4v) is 3.17. The first kappa shape index (κ1) is 8.98. The maximum Gasteiger partial charge on any atom is 0.133 e. The van der Waals surface area contributed by atoms with Crippen LogP contribution in [0.1, 0.15) is 45.4 Å². The molecule has 0 N–H and O–H groups in total. The first-order valence-corrected chi connectivity index (χ1v) is 5.31. The van der Waals surface area contributed by atoms with Crippen LogP contribution in [-0.2, 0) is 4.79 Å². The third-order valence-corrected chi connectivity index (χ3v) is 3.89. The predicted octanol–water partition coefficient (Wildman–Crippen LogP) is 3.10. The van der Waals surface area contributed by atoms with E-state index < -0.39 is 0 Å². The van der Waals surface area contributed by atoms with Gasteiger partial charge < -0.3 is 0 Å². The lowest BCUT2D eigenvalue weighted by atomic mass is 9.59. The van der Waals surface area contributed by atoms with Crippen LogP contribution >= 0.6 is 0 Å². The number of carbonyl (C=O) groups is 1. The van der Waals surface area contributed by atoms with Crippen molar-refractivity contribution in [2.75, 3.05) is 0 Å². The number of allylic oxidation sites excluding steroid dienone is 1. The van der Waals surface area contributed by atoms with Crippen molar-refractivity contribution >= 4 is 5.78 Å². The van der Waals surface area contributed by atoms with Gasteiger partial charge in [-0.2, -0.15) is 0 Å². The molecule has 2 unspecified atom stereocenters. The van der Waals surface area contributed by atoms with Gasteiger partial charge in [0.2, 0.25) is 0 Å². The molecular formula is C12H18O. The monoisotopic (exact) mass is 178 g/mol. The number of rotatable bonds is 0. The van der Waals surface area contributed by atoms with E-state index in [1.54, 1.807) is 0 Å². The number of hydrogen-bond donors (Lipinski definition) is 0. The minimum atomic E-state index is 0.269. The van der Waals surface area contributed by atoms with Crippen LogP contribution in [0.2, 0.25) is 0 Å². The number of fused-ring (bicyclic) bond motifs is 1. The van der Waals surface area contributed by atoms with E-state index in [2.05, 4.69) is 13.5 Å². The third-order valence-electron chi connectivity index (χ3n) is 3.89. The second-order valence-corrected chi connectivity index (χ2v) is 4.97. The van der Waals surface area contributed by atoms with E-state index in [1.807, 2.05) is 0 Å². The number of carbonyl (C=O) groups excluding carboxylic acids is 1. The highest BCUT2D eigenvalue weighted by Crippen LogP contribution is 2.50. The van der Waals surface area contributed by atoms with Gasteiger partial charge in [-0.3, -0.25) is 4.79 Å². The Morgan fingerprint density at radius 3 is 3.00 bits per heavy atom. The lowest BCUT2D eigenvalue weighted by Crippen LogP contribution is -2.38. The molecule has 0 bridgehead atoms. The largest absolute Gasteiger partial charge is 0.300 e. The highest BCUT2D eigenvalue weighted by Gasteiger charge is 2.42. The van der Waals surface area contributed by atoms with E-state index in [9.17, 15) is 4.79 Å². The van der Waals surface area contributed by atoms with Gasteiger partial charge in [0.15, 0.2) is 0 Å². The van der Waals surface area contributed by atoms with Gasteiger partial charge in [-0.1, -0.05) is 19.1 Å². The average Bonchev–Trinajstić information content (AvgIpc) is 2.02. The molecule has 0 aromatic carbocycles. The number of ketones is 1. The molecule has 0 radical (unpaired) electrons. The summed E-state index contributed by atoms with van der Waals surface area (Å²) in [5.41, 5.74) is 1.67. The van der Waals surface area contributed by atoms with Crippen molar-refractivity contribution in [3.63, 3.8) is 0 Å². The Bertz CT molecular complexity index is 254. The molecule has 2 aliphatic carbocycles. The zero-order chi connectivity index (χ0) is 9.47. The quantitative estimate of drug-likeness (QED) is 0.521. The zero-order valence-corrected chi connectivity index (χ0v) is 8.44. The van der Waals surface area contributed by atoms with Crippen LogP contribution in [0.25, 0.3) is 0 Å². The number of Topliss-reactive ketones (excluding diaryl/α,β-unsaturated/α-hetero) is 1. The first-order valence-electron chi connectivity index (χ1n) is 5.31. The molecule has 0 saturated heterocycles.